The highest BCUT2D eigenvalue weighted by Gasteiger charge is 2.50. The summed E-state index contributed by atoms with van der Waals surface area (Å²) in [6.07, 6.45) is -2.29. The van der Waals surface area contributed by atoms with Crippen molar-refractivity contribution in [2.75, 3.05) is 6.54 Å². The Morgan fingerprint density at radius 3 is 1.85 bits per heavy atom. The van der Waals surface area contributed by atoms with E-state index in [-0.39, 0.29) is 13.0 Å². The number of aliphatic hydroxyl groups excluding tert-OH is 1. The van der Waals surface area contributed by atoms with Gasteiger partial charge >= 0.3 is 6.09 Å². The highest BCUT2D eigenvalue weighted by molar-refractivity contribution is 8.02. The molecule has 0 saturated carbocycles. The molecule has 2 heterocycles. The molecule has 4 atom stereocenters. The third kappa shape index (κ3) is 8.02. The molecule has 9 nitrogen and oxygen atoms in total. The molecular formula is C42H44N4O5S2. The summed E-state index contributed by atoms with van der Waals surface area (Å²) in [6, 6.07) is 35.1. The largest absolute Gasteiger partial charge is 0.465 e. The van der Waals surface area contributed by atoms with E-state index < -0.39 is 51.6 Å². The van der Waals surface area contributed by atoms with Crippen molar-refractivity contribution in [2.24, 2.45) is 0 Å². The topological polar surface area (TPSA) is 132 Å². The van der Waals surface area contributed by atoms with Crippen LogP contribution < -0.4 is 10.6 Å². The predicted molar refractivity (Wildman–Crippen MR) is 211 cm³/mol. The van der Waals surface area contributed by atoms with Crippen LogP contribution in [0.2, 0.25) is 0 Å². The number of aliphatic hydroxyl groups is 1. The number of hydrogen-bond acceptors (Lipinski definition) is 7. The van der Waals surface area contributed by atoms with Crippen LogP contribution in [0.5, 0.6) is 0 Å². The maximum atomic E-state index is 14.7. The monoisotopic (exact) mass is 748 g/mol. The van der Waals surface area contributed by atoms with Crippen LogP contribution in [0.15, 0.2) is 121 Å². The number of rotatable bonds is 12. The predicted octanol–water partition coefficient (Wildman–Crippen LogP) is 7.40. The first-order chi connectivity index (χ1) is 25.4. The van der Waals surface area contributed by atoms with Gasteiger partial charge in [-0.2, -0.15) is 0 Å². The maximum absolute atomic E-state index is 14.7. The van der Waals surface area contributed by atoms with Gasteiger partial charge in [0.1, 0.15) is 12.1 Å². The first-order valence-electron chi connectivity index (χ1n) is 17.6. The van der Waals surface area contributed by atoms with E-state index in [2.05, 4.69) is 15.6 Å². The van der Waals surface area contributed by atoms with Gasteiger partial charge in [-0.15, -0.1) is 23.1 Å². The van der Waals surface area contributed by atoms with Crippen LogP contribution in [0.1, 0.15) is 61.2 Å². The van der Waals surface area contributed by atoms with Gasteiger partial charge in [-0.25, -0.2) is 9.78 Å². The van der Waals surface area contributed by atoms with Crippen molar-refractivity contribution in [3.63, 3.8) is 0 Å². The van der Waals surface area contributed by atoms with E-state index in [0.29, 0.717) is 0 Å². The fourth-order valence-electron chi connectivity index (χ4n) is 7.17. The number of likely N-dealkylation sites (tertiary alicyclic amines) is 1. The molecule has 1 saturated heterocycles. The number of benzene rings is 4. The molecule has 4 N–H and O–H groups in total. The van der Waals surface area contributed by atoms with E-state index in [1.54, 1.807) is 11.3 Å². The second-order valence-corrected chi connectivity index (χ2v) is 16.6. The van der Waals surface area contributed by atoms with Crippen molar-refractivity contribution < 1.29 is 24.6 Å². The van der Waals surface area contributed by atoms with Gasteiger partial charge in [-0.05, 0) is 55.5 Å². The summed E-state index contributed by atoms with van der Waals surface area (Å²) in [5, 5.41) is 26.5. The summed E-state index contributed by atoms with van der Waals surface area (Å²) in [5.74, 6) is -1.00. The minimum atomic E-state index is -1.37. The Morgan fingerprint density at radius 2 is 1.38 bits per heavy atom. The quantitative estimate of drug-likeness (QED) is 0.0979. The summed E-state index contributed by atoms with van der Waals surface area (Å²) in [7, 11) is 0. The number of carbonyl (C=O) groups is 3. The van der Waals surface area contributed by atoms with Crippen LogP contribution >= 0.6 is 23.1 Å². The summed E-state index contributed by atoms with van der Waals surface area (Å²) < 4.78 is -1.96. The first-order valence-corrected chi connectivity index (χ1v) is 19.3. The molecular weight excluding hydrogens is 705 g/mol. The van der Waals surface area contributed by atoms with Crippen LogP contribution in [-0.4, -0.2) is 67.5 Å². The Bertz CT molecular complexity index is 1930. The minimum Gasteiger partial charge on any atom is -0.465 e. The number of nitrogens with zero attached hydrogens (tertiary/aromatic N) is 2. The number of hydrogen-bond donors (Lipinski definition) is 4. The lowest BCUT2D eigenvalue weighted by Gasteiger charge is -2.44. The van der Waals surface area contributed by atoms with E-state index in [1.807, 2.05) is 148 Å². The molecule has 1 aliphatic rings. The van der Waals surface area contributed by atoms with Crippen LogP contribution in [0.3, 0.4) is 0 Å². The molecule has 11 heteroatoms. The van der Waals surface area contributed by atoms with Crippen LogP contribution in [0.25, 0.3) is 10.4 Å². The van der Waals surface area contributed by atoms with Crippen LogP contribution in [0.4, 0.5) is 4.79 Å². The molecule has 1 aromatic heterocycles. The van der Waals surface area contributed by atoms with E-state index in [0.717, 1.165) is 38.4 Å². The molecule has 6 rings (SSSR count). The Kier molecular flexibility index (Phi) is 11.4. The minimum absolute atomic E-state index is 0.0310. The number of amides is 3. The number of aromatic nitrogens is 1. The Morgan fingerprint density at radius 1 is 0.849 bits per heavy atom. The molecule has 0 aliphatic carbocycles. The van der Waals surface area contributed by atoms with Gasteiger partial charge in [0.2, 0.25) is 11.8 Å². The van der Waals surface area contributed by atoms with Gasteiger partial charge in [0.15, 0.2) is 0 Å². The Labute approximate surface area is 318 Å². The fraction of sp³-hybridized carbons (Fsp3) is 0.286. The third-order valence-electron chi connectivity index (χ3n) is 9.81. The second kappa shape index (κ2) is 16.0. The summed E-state index contributed by atoms with van der Waals surface area (Å²) in [5.41, 5.74) is 7.54. The summed E-state index contributed by atoms with van der Waals surface area (Å²) >= 11 is 3.04. The average molecular weight is 749 g/mol. The average Bonchev–Trinajstić information content (AvgIpc) is 3.78. The Hall–Kier alpha value is -4.97. The molecule has 1 aliphatic heterocycles. The molecule has 0 bridgehead atoms. The van der Waals surface area contributed by atoms with Crippen molar-refractivity contribution >= 4 is 41.0 Å². The SMILES string of the molecule is Cc1ncsc1-c1ccc([C@H](C)NC(=O)[C@H]2C[C@@H](O)CN2C(=O)[C@@H](NC(=O)O)C(C)(C)SC(c2ccccc2)(c2ccccc2)c2ccccc2)cc1. The molecule has 1 fully saturated rings. The Balaban J connectivity index is 1.30. The van der Waals surface area contributed by atoms with Gasteiger partial charge in [0, 0.05) is 17.7 Å². The molecule has 53 heavy (non-hydrogen) atoms. The molecule has 4 aromatic carbocycles. The number of aryl methyl sites for hydroxylation is 1. The van der Waals surface area contributed by atoms with Gasteiger partial charge < -0.3 is 25.7 Å². The lowest BCUT2D eigenvalue weighted by Crippen LogP contribution is -2.60. The number of β-amino-alcohol motifs (C(OH)–C–C–N with tert-alkyl or cyclic N) is 1. The van der Waals surface area contributed by atoms with E-state index in [4.69, 9.17) is 0 Å². The molecule has 0 radical (unpaired) electrons. The van der Waals surface area contributed by atoms with E-state index in [9.17, 15) is 24.6 Å². The van der Waals surface area contributed by atoms with Crippen LogP contribution in [-0.2, 0) is 14.3 Å². The number of carbonyl (C=O) groups excluding carboxylic acids is 2. The first kappa shape index (κ1) is 37.8. The zero-order valence-electron chi connectivity index (χ0n) is 30.1. The molecule has 5 aromatic rings. The number of thioether (sulfide) groups is 1. The van der Waals surface area contributed by atoms with Crippen molar-refractivity contribution in [3.05, 3.63) is 149 Å². The zero-order chi connectivity index (χ0) is 37.8. The van der Waals surface area contributed by atoms with Crippen LogP contribution in [0, 0.1) is 6.92 Å². The lowest BCUT2D eigenvalue weighted by atomic mass is 9.84. The normalized spacial score (nSPS) is 17.2. The number of nitrogens with one attached hydrogen (secondary N) is 2. The third-order valence-corrected chi connectivity index (χ3v) is 12.6. The lowest BCUT2D eigenvalue weighted by molar-refractivity contribution is -0.140. The highest BCUT2D eigenvalue weighted by atomic mass is 32.2. The van der Waals surface area contributed by atoms with E-state index >= 15 is 0 Å². The highest BCUT2D eigenvalue weighted by Crippen LogP contribution is 2.54. The van der Waals surface area contributed by atoms with E-state index in [1.165, 1.54) is 16.7 Å². The van der Waals surface area contributed by atoms with Gasteiger partial charge in [0.25, 0.3) is 0 Å². The fourth-order valence-corrected chi connectivity index (χ4v) is 9.81. The molecule has 0 unspecified atom stereocenters. The maximum Gasteiger partial charge on any atom is 0.405 e. The second-order valence-electron chi connectivity index (χ2n) is 13.9. The van der Waals surface area contributed by atoms with Crippen molar-refractivity contribution in [1.82, 2.24) is 20.5 Å². The molecule has 3 amide bonds. The molecule has 0 spiro atoms. The van der Waals surface area contributed by atoms with Crippen molar-refractivity contribution in [2.45, 2.75) is 67.8 Å². The number of carboxylic acid groups (broad SMARTS) is 1. The number of thiazole rings is 1. The smallest absolute Gasteiger partial charge is 0.405 e. The zero-order valence-corrected chi connectivity index (χ0v) is 31.7. The van der Waals surface area contributed by atoms with Gasteiger partial charge in [0.05, 0.1) is 33.0 Å². The summed E-state index contributed by atoms with van der Waals surface area (Å²) in [4.78, 5) is 47.8. The van der Waals surface area contributed by atoms with Gasteiger partial charge in [-0.3, -0.25) is 9.59 Å². The molecule has 274 valence electrons. The van der Waals surface area contributed by atoms with Crippen molar-refractivity contribution in [3.8, 4) is 10.4 Å². The van der Waals surface area contributed by atoms with Gasteiger partial charge in [-0.1, -0.05) is 115 Å². The van der Waals surface area contributed by atoms with Crippen molar-refractivity contribution in [1.29, 1.82) is 0 Å². The standard InChI is InChI=1S/C42H44N4O5S2/c1-27(29-20-22-30(23-21-29)36-28(2)43-26-52-36)44-38(48)35-24-34(47)25-46(35)39(49)37(45-40(50)51)41(3,4)53-42(31-14-8-5-9-15-31,32-16-10-6-11-17-32)33-18-12-7-13-19-33/h5-23,26-27,34-35,37,45,47H,24-25H2,1-4H3,(H,44,48)(H,50,51)/t27-,34+,35+,37+/m0/s1. The summed E-state index contributed by atoms with van der Waals surface area (Å²) in [6.45, 7) is 7.43.